The number of nitrogens with one attached hydrogen (secondary N) is 1. The normalized spacial score (nSPS) is 20.0. The van der Waals surface area contributed by atoms with Crippen LogP contribution in [-0.4, -0.2) is 53.2 Å². The molecule has 1 aromatic rings. The number of rotatable bonds is 5. The molecule has 1 saturated heterocycles. The Bertz CT molecular complexity index is 484. The standard InChI is InChI=1S/C12H17BN2O5S/c16-11(7-9-3-2-6-21-9)14-10-4-1-5-15(8-12(17)18)20-13(10)19/h2-3,6,10,19H,1,4-5,7-8H2,(H,14,16)(H,17,18)/t10-/m0/s1. The maximum Gasteiger partial charge on any atom is 0.495 e. The molecule has 2 heterocycles. The summed E-state index contributed by atoms with van der Waals surface area (Å²) in [7, 11) is -1.24. The van der Waals surface area contributed by atoms with E-state index in [-0.39, 0.29) is 18.9 Å². The minimum Gasteiger partial charge on any atom is -0.480 e. The van der Waals surface area contributed by atoms with E-state index in [0.29, 0.717) is 19.4 Å². The Morgan fingerprint density at radius 2 is 2.38 bits per heavy atom. The van der Waals surface area contributed by atoms with E-state index in [1.165, 1.54) is 16.4 Å². The number of carbonyl (C=O) groups excluding carboxylic acids is 1. The van der Waals surface area contributed by atoms with E-state index < -0.39 is 19.0 Å². The number of carboxylic acids is 1. The molecule has 1 amide bonds. The maximum absolute atomic E-state index is 11.9. The monoisotopic (exact) mass is 312 g/mol. The summed E-state index contributed by atoms with van der Waals surface area (Å²) in [4.78, 5) is 23.5. The van der Waals surface area contributed by atoms with Gasteiger partial charge in [-0.15, -0.1) is 11.3 Å². The summed E-state index contributed by atoms with van der Waals surface area (Å²) in [5.41, 5.74) is 0. The fourth-order valence-corrected chi connectivity index (χ4v) is 2.85. The summed E-state index contributed by atoms with van der Waals surface area (Å²) < 4.78 is 5.17. The highest BCUT2D eigenvalue weighted by molar-refractivity contribution is 7.10. The quantitative estimate of drug-likeness (QED) is 0.657. The summed E-state index contributed by atoms with van der Waals surface area (Å²) in [5, 5.41) is 24.5. The molecule has 0 unspecified atom stereocenters. The molecular formula is C12H17BN2O5S. The molecule has 0 radical (unpaired) electrons. The molecule has 1 atom stereocenters. The molecule has 1 aliphatic heterocycles. The van der Waals surface area contributed by atoms with Crippen molar-refractivity contribution < 1.29 is 24.5 Å². The van der Waals surface area contributed by atoms with E-state index in [4.69, 9.17) is 9.86 Å². The summed E-state index contributed by atoms with van der Waals surface area (Å²) >= 11 is 1.50. The van der Waals surface area contributed by atoms with E-state index in [2.05, 4.69) is 5.32 Å². The van der Waals surface area contributed by atoms with Gasteiger partial charge in [-0.25, -0.2) is 0 Å². The predicted octanol–water partition coefficient (Wildman–Crippen LogP) is -0.0929. The molecule has 3 N–H and O–H groups in total. The number of thiophene rings is 1. The van der Waals surface area contributed by atoms with Crippen LogP contribution in [0.1, 0.15) is 17.7 Å². The van der Waals surface area contributed by atoms with Gasteiger partial charge < -0.3 is 20.2 Å². The van der Waals surface area contributed by atoms with Crippen LogP contribution < -0.4 is 5.32 Å². The molecule has 114 valence electrons. The zero-order valence-corrected chi connectivity index (χ0v) is 12.2. The van der Waals surface area contributed by atoms with Crippen LogP contribution in [0, 0.1) is 0 Å². The van der Waals surface area contributed by atoms with Crippen LogP contribution in [0.4, 0.5) is 0 Å². The van der Waals surface area contributed by atoms with E-state index in [9.17, 15) is 14.6 Å². The van der Waals surface area contributed by atoms with Gasteiger partial charge in [0.05, 0.1) is 12.4 Å². The van der Waals surface area contributed by atoms with Crippen LogP contribution in [0.25, 0.3) is 0 Å². The largest absolute Gasteiger partial charge is 0.495 e. The van der Waals surface area contributed by atoms with Gasteiger partial charge in [-0.05, 0) is 24.3 Å². The Labute approximate surface area is 126 Å². The minimum absolute atomic E-state index is 0.184. The lowest BCUT2D eigenvalue weighted by Crippen LogP contribution is -2.49. The Hall–Kier alpha value is -1.42. The Kier molecular flexibility index (Phi) is 5.74. The number of hydrogen-bond acceptors (Lipinski definition) is 6. The third kappa shape index (κ3) is 5.12. The second-order valence-electron chi connectivity index (χ2n) is 4.83. The second-order valence-corrected chi connectivity index (χ2v) is 5.86. The molecule has 0 bridgehead atoms. The second kappa shape index (κ2) is 7.55. The van der Waals surface area contributed by atoms with Gasteiger partial charge in [-0.2, -0.15) is 5.06 Å². The third-order valence-corrected chi connectivity index (χ3v) is 3.97. The lowest BCUT2D eigenvalue weighted by Gasteiger charge is -2.21. The zero-order chi connectivity index (χ0) is 15.2. The third-order valence-electron chi connectivity index (χ3n) is 3.10. The first-order chi connectivity index (χ1) is 10.0. The molecule has 1 fully saturated rings. The highest BCUT2D eigenvalue weighted by Gasteiger charge is 2.34. The van der Waals surface area contributed by atoms with Crippen molar-refractivity contribution in [1.29, 1.82) is 0 Å². The van der Waals surface area contributed by atoms with Gasteiger partial charge in [-0.3, -0.25) is 9.59 Å². The van der Waals surface area contributed by atoms with Crippen molar-refractivity contribution >= 4 is 30.3 Å². The minimum atomic E-state index is -1.24. The van der Waals surface area contributed by atoms with Crippen LogP contribution in [-0.2, 0) is 20.8 Å². The van der Waals surface area contributed by atoms with Crippen molar-refractivity contribution in [2.45, 2.75) is 25.2 Å². The summed E-state index contributed by atoms with van der Waals surface area (Å²) in [6.07, 6.45) is 1.43. The summed E-state index contributed by atoms with van der Waals surface area (Å²) in [5.74, 6) is -1.74. The van der Waals surface area contributed by atoms with Crippen molar-refractivity contribution in [1.82, 2.24) is 10.4 Å². The van der Waals surface area contributed by atoms with E-state index in [1.54, 1.807) is 0 Å². The topological polar surface area (TPSA) is 99.1 Å². The Balaban J connectivity index is 1.85. The molecular weight excluding hydrogens is 295 g/mol. The molecule has 2 rings (SSSR count). The molecule has 9 heteroatoms. The SMILES string of the molecule is O=C(O)CN1CCC[C@H](NC(=O)Cc2cccs2)B(O)O1. The van der Waals surface area contributed by atoms with E-state index in [1.807, 2.05) is 17.5 Å². The van der Waals surface area contributed by atoms with Crippen molar-refractivity contribution in [3.05, 3.63) is 22.4 Å². The fraction of sp³-hybridized carbons (Fsp3) is 0.500. The summed E-state index contributed by atoms with van der Waals surface area (Å²) in [6, 6.07) is 3.75. The lowest BCUT2D eigenvalue weighted by atomic mass is 9.77. The van der Waals surface area contributed by atoms with Gasteiger partial charge in [-0.1, -0.05) is 6.07 Å². The van der Waals surface area contributed by atoms with E-state index in [0.717, 1.165) is 4.88 Å². The van der Waals surface area contributed by atoms with Gasteiger partial charge in [0.15, 0.2) is 0 Å². The Morgan fingerprint density at radius 1 is 1.57 bits per heavy atom. The van der Waals surface area contributed by atoms with Gasteiger partial charge in [0.1, 0.15) is 6.54 Å². The first-order valence-corrected chi connectivity index (χ1v) is 7.56. The maximum atomic E-state index is 11.9. The number of hydroxylamine groups is 2. The average Bonchev–Trinajstić information content (AvgIpc) is 2.83. The molecule has 7 nitrogen and oxygen atoms in total. The first-order valence-electron chi connectivity index (χ1n) is 6.68. The first kappa shape index (κ1) is 16.0. The summed E-state index contributed by atoms with van der Waals surface area (Å²) in [6.45, 7) is 0.105. The molecule has 1 aliphatic rings. The van der Waals surface area contributed by atoms with Crippen molar-refractivity contribution in [2.75, 3.05) is 13.1 Å². The van der Waals surface area contributed by atoms with Gasteiger partial charge in [0.2, 0.25) is 5.91 Å². The fourth-order valence-electron chi connectivity index (χ4n) is 2.15. The highest BCUT2D eigenvalue weighted by atomic mass is 32.1. The number of nitrogens with zero attached hydrogens (tertiary/aromatic N) is 1. The molecule has 0 spiro atoms. The average molecular weight is 312 g/mol. The van der Waals surface area contributed by atoms with Crippen LogP contribution >= 0.6 is 11.3 Å². The number of aliphatic carboxylic acids is 1. The number of amides is 1. The molecule has 1 aromatic heterocycles. The lowest BCUT2D eigenvalue weighted by molar-refractivity contribution is -0.150. The van der Waals surface area contributed by atoms with Crippen LogP contribution in [0.3, 0.4) is 0 Å². The zero-order valence-electron chi connectivity index (χ0n) is 11.4. The molecule has 0 saturated carbocycles. The molecule has 0 aliphatic carbocycles. The van der Waals surface area contributed by atoms with Crippen molar-refractivity contribution in [3.8, 4) is 0 Å². The van der Waals surface area contributed by atoms with Crippen molar-refractivity contribution in [3.63, 3.8) is 0 Å². The molecule has 21 heavy (non-hydrogen) atoms. The van der Waals surface area contributed by atoms with Crippen LogP contribution in [0.15, 0.2) is 17.5 Å². The van der Waals surface area contributed by atoms with Gasteiger partial charge in [0, 0.05) is 11.4 Å². The highest BCUT2D eigenvalue weighted by Crippen LogP contribution is 2.12. The van der Waals surface area contributed by atoms with Crippen molar-refractivity contribution in [2.24, 2.45) is 0 Å². The van der Waals surface area contributed by atoms with E-state index >= 15 is 0 Å². The number of hydrogen-bond donors (Lipinski definition) is 3. The van der Waals surface area contributed by atoms with Gasteiger partial charge >= 0.3 is 13.1 Å². The predicted molar refractivity (Wildman–Crippen MR) is 77.5 cm³/mol. The molecule has 0 aromatic carbocycles. The number of carbonyl (C=O) groups is 2. The number of carboxylic acid groups (broad SMARTS) is 1. The Morgan fingerprint density at radius 3 is 3.05 bits per heavy atom. The van der Waals surface area contributed by atoms with Crippen LogP contribution in [0.5, 0.6) is 0 Å². The smallest absolute Gasteiger partial charge is 0.480 e. The van der Waals surface area contributed by atoms with Crippen LogP contribution in [0.2, 0.25) is 0 Å². The van der Waals surface area contributed by atoms with Gasteiger partial charge in [0.25, 0.3) is 0 Å².